The van der Waals surface area contributed by atoms with Crippen LogP contribution in [0.2, 0.25) is 5.02 Å². The molecule has 1 amide bonds. The molecule has 2 N–H and O–H groups in total. The smallest absolute Gasteiger partial charge is 0.252 e. The van der Waals surface area contributed by atoms with Crippen LogP contribution in [0.25, 0.3) is 0 Å². The average Bonchev–Trinajstić information content (AvgIpc) is 2.37. The van der Waals surface area contributed by atoms with E-state index in [1.807, 2.05) is 19.1 Å². The number of hydrogen-bond donors (Lipinski definition) is 2. The second-order valence-corrected chi connectivity index (χ2v) is 5.25. The van der Waals surface area contributed by atoms with E-state index in [1.165, 1.54) is 12.8 Å². The summed E-state index contributed by atoms with van der Waals surface area (Å²) >= 11 is 6.07. The maximum absolute atomic E-state index is 12.0. The van der Waals surface area contributed by atoms with Gasteiger partial charge in [-0.25, -0.2) is 0 Å². The molecule has 1 fully saturated rings. The van der Waals surface area contributed by atoms with Crippen molar-refractivity contribution in [3.63, 3.8) is 0 Å². The number of carbonyl (C=O) groups is 1. The van der Waals surface area contributed by atoms with E-state index >= 15 is 0 Å². The lowest BCUT2D eigenvalue weighted by Crippen LogP contribution is -2.43. The molecule has 1 aliphatic rings. The van der Waals surface area contributed by atoms with Gasteiger partial charge in [0.15, 0.2) is 0 Å². The maximum Gasteiger partial charge on any atom is 0.252 e. The minimum Gasteiger partial charge on any atom is -0.350 e. The van der Waals surface area contributed by atoms with Crippen molar-refractivity contribution in [2.45, 2.75) is 32.2 Å². The molecule has 1 aromatic carbocycles. The molecule has 0 aromatic heterocycles. The van der Waals surface area contributed by atoms with Crippen LogP contribution >= 0.6 is 11.6 Å². The summed E-state index contributed by atoms with van der Waals surface area (Å²) < 4.78 is 0. The van der Waals surface area contributed by atoms with Gasteiger partial charge >= 0.3 is 0 Å². The Kier molecular flexibility index (Phi) is 4.61. The van der Waals surface area contributed by atoms with E-state index < -0.39 is 0 Å². The summed E-state index contributed by atoms with van der Waals surface area (Å²) in [4.78, 5) is 12.0. The highest BCUT2D eigenvalue weighted by Crippen LogP contribution is 2.17. The van der Waals surface area contributed by atoms with Gasteiger partial charge in [-0.1, -0.05) is 24.1 Å². The van der Waals surface area contributed by atoms with Crippen molar-refractivity contribution in [3.8, 4) is 0 Å². The van der Waals surface area contributed by atoms with E-state index in [9.17, 15) is 4.79 Å². The molecule has 18 heavy (non-hydrogen) atoms. The molecular weight excluding hydrogens is 248 g/mol. The number of nitrogens with one attached hydrogen (secondary N) is 2. The van der Waals surface area contributed by atoms with Gasteiger partial charge < -0.3 is 10.6 Å². The Balaban J connectivity index is 1.90. The van der Waals surface area contributed by atoms with Gasteiger partial charge in [-0.15, -0.1) is 0 Å². The van der Waals surface area contributed by atoms with E-state index in [4.69, 9.17) is 11.6 Å². The second-order valence-electron chi connectivity index (χ2n) is 4.84. The molecule has 0 bridgehead atoms. The molecule has 1 unspecified atom stereocenters. The summed E-state index contributed by atoms with van der Waals surface area (Å²) in [5.74, 6) is -0.0904. The van der Waals surface area contributed by atoms with Crippen LogP contribution in [0.1, 0.15) is 35.2 Å². The lowest BCUT2D eigenvalue weighted by molar-refractivity contribution is 0.0948. The van der Waals surface area contributed by atoms with Crippen LogP contribution in [0.15, 0.2) is 18.2 Å². The summed E-state index contributed by atoms with van der Waals surface area (Å²) in [6, 6.07) is 5.89. The molecule has 98 valence electrons. The Labute approximate surface area is 113 Å². The van der Waals surface area contributed by atoms with E-state index in [-0.39, 0.29) is 5.91 Å². The SMILES string of the molecule is Cc1ccc(C(=O)NCC2CCCCN2)c(Cl)c1. The Morgan fingerprint density at radius 2 is 2.33 bits per heavy atom. The minimum absolute atomic E-state index is 0.0904. The van der Waals surface area contributed by atoms with Gasteiger partial charge in [0.25, 0.3) is 5.91 Å². The lowest BCUT2D eigenvalue weighted by atomic mass is 10.0. The molecular formula is C14H19ClN2O. The number of carbonyl (C=O) groups excluding carboxylic acids is 1. The Morgan fingerprint density at radius 1 is 1.50 bits per heavy atom. The minimum atomic E-state index is -0.0904. The third-order valence-electron chi connectivity index (χ3n) is 3.29. The van der Waals surface area contributed by atoms with Gasteiger partial charge in [0.2, 0.25) is 0 Å². The molecule has 0 radical (unpaired) electrons. The Hall–Kier alpha value is -1.06. The molecule has 0 saturated carbocycles. The number of aryl methyl sites for hydroxylation is 1. The van der Waals surface area contributed by atoms with Crippen LogP contribution < -0.4 is 10.6 Å². The molecule has 4 heteroatoms. The summed E-state index contributed by atoms with van der Waals surface area (Å²) in [7, 11) is 0. The topological polar surface area (TPSA) is 41.1 Å². The van der Waals surface area contributed by atoms with Crippen LogP contribution in [0.3, 0.4) is 0 Å². The Bertz CT molecular complexity index is 428. The maximum atomic E-state index is 12.0. The second kappa shape index (κ2) is 6.21. The highest BCUT2D eigenvalue weighted by atomic mass is 35.5. The molecule has 1 aromatic rings. The van der Waals surface area contributed by atoms with E-state index in [0.29, 0.717) is 23.2 Å². The molecule has 0 aliphatic carbocycles. The van der Waals surface area contributed by atoms with Crippen molar-refractivity contribution >= 4 is 17.5 Å². The monoisotopic (exact) mass is 266 g/mol. The average molecular weight is 267 g/mol. The summed E-state index contributed by atoms with van der Waals surface area (Å²) in [5.41, 5.74) is 1.61. The van der Waals surface area contributed by atoms with Crippen LogP contribution in [0.4, 0.5) is 0 Å². The van der Waals surface area contributed by atoms with Gasteiger partial charge in [-0.05, 0) is 44.0 Å². The third-order valence-corrected chi connectivity index (χ3v) is 3.60. The van der Waals surface area contributed by atoms with E-state index in [2.05, 4.69) is 10.6 Å². The molecule has 3 nitrogen and oxygen atoms in total. The molecule has 1 saturated heterocycles. The zero-order valence-electron chi connectivity index (χ0n) is 10.6. The quantitative estimate of drug-likeness (QED) is 0.883. The van der Waals surface area contributed by atoms with Crippen LogP contribution in [-0.2, 0) is 0 Å². The van der Waals surface area contributed by atoms with E-state index in [0.717, 1.165) is 18.5 Å². The van der Waals surface area contributed by atoms with Crippen LogP contribution in [-0.4, -0.2) is 25.0 Å². The number of benzene rings is 1. The number of rotatable bonds is 3. The number of piperidine rings is 1. The van der Waals surface area contributed by atoms with Crippen molar-refractivity contribution in [3.05, 3.63) is 34.3 Å². The molecule has 1 heterocycles. The number of amides is 1. The van der Waals surface area contributed by atoms with Crippen molar-refractivity contribution in [1.82, 2.24) is 10.6 Å². The first-order chi connectivity index (χ1) is 8.66. The predicted molar refractivity (Wildman–Crippen MR) is 74.2 cm³/mol. The van der Waals surface area contributed by atoms with Gasteiger partial charge in [0, 0.05) is 12.6 Å². The zero-order valence-corrected chi connectivity index (χ0v) is 11.4. The van der Waals surface area contributed by atoms with Gasteiger partial charge in [0.1, 0.15) is 0 Å². The van der Waals surface area contributed by atoms with E-state index in [1.54, 1.807) is 6.07 Å². The molecule has 2 rings (SSSR count). The lowest BCUT2D eigenvalue weighted by Gasteiger charge is -2.23. The van der Waals surface area contributed by atoms with Gasteiger partial charge in [-0.3, -0.25) is 4.79 Å². The first-order valence-electron chi connectivity index (χ1n) is 6.44. The highest BCUT2D eigenvalue weighted by Gasteiger charge is 2.15. The summed E-state index contributed by atoms with van der Waals surface area (Å²) in [6.07, 6.45) is 3.59. The Morgan fingerprint density at radius 3 is 3.00 bits per heavy atom. The summed E-state index contributed by atoms with van der Waals surface area (Å²) in [5, 5.41) is 6.86. The van der Waals surface area contributed by atoms with Gasteiger partial charge in [-0.2, -0.15) is 0 Å². The normalized spacial score (nSPS) is 19.6. The zero-order chi connectivity index (χ0) is 13.0. The fraction of sp³-hybridized carbons (Fsp3) is 0.500. The third kappa shape index (κ3) is 3.47. The fourth-order valence-corrected chi connectivity index (χ4v) is 2.53. The van der Waals surface area contributed by atoms with Crippen LogP contribution in [0, 0.1) is 6.92 Å². The van der Waals surface area contributed by atoms with Crippen molar-refractivity contribution < 1.29 is 4.79 Å². The largest absolute Gasteiger partial charge is 0.350 e. The van der Waals surface area contributed by atoms with Gasteiger partial charge in [0.05, 0.1) is 10.6 Å². The highest BCUT2D eigenvalue weighted by molar-refractivity contribution is 6.33. The van der Waals surface area contributed by atoms with Crippen molar-refractivity contribution in [1.29, 1.82) is 0 Å². The summed E-state index contributed by atoms with van der Waals surface area (Å²) in [6.45, 7) is 3.67. The number of hydrogen-bond acceptors (Lipinski definition) is 2. The first-order valence-corrected chi connectivity index (χ1v) is 6.82. The predicted octanol–water partition coefficient (Wildman–Crippen LogP) is 2.52. The molecule has 1 atom stereocenters. The molecule has 0 spiro atoms. The van der Waals surface area contributed by atoms with Crippen molar-refractivity contribution in [2.24, 2.45) is 0 Å². The fourth-order valence-electron chi connectivity index (χ4n) is 2.21. The number of halogens is 1. The standard InChI is InChI=1S/C14H19ClN2O/c1-10-5-6-12(13(15)8-10)14(18)17-9-11-4-2-3-7-16-11/h5-6,8,11,16H,2-4,7,9H2,1H3,(H,17,18). The van der Waals surface area contributed by atoms with Crippen molar-refractivity contribution in [2.75, 3.05) is 13.1 Å². The van der Waals surface area contributed by atoms with Crippen LogP contribution in [0.5, 0.6) is 0 Å². The molecule has 1 aliphatic heterocycles. The first kappa shape index (κ1) is 13.4.